The fourth-order valence-electron chi connectivity index (χ4n) is 2.90. The van der Waals surface area contributed by atoms with Gasteiger partial charge >= 0.3 is 7.60 Å². The monoisotopic (exact) mass is 352 g/mol. The molecule has 0 saturated carbocycles. The van der Waals surface area contributed by atoms with Gasteiger partial charge in [0.05, 0.1) is 18.9 Å². The van der Waals surface area contributed by atoms with Crippen LogP contribution in [0.2, 0.25) is 0 Å². The largest absolute Gasteiger partial charge is 0.373 e. The summed E-state index contributed by atoms with van der Waals surface area (Å²) in [4.78, 5) is 9.74. The molecule has 1 N–H and O–H groups in total. The van der Waals surface area contributed by atoms with E-state index in [9.17, 15) is 9.46 Å². The lowest BCUT2D eigenvalue weighted by Crippen LogP contribution is -2.37. The number of rotatable bonds is 9. The maximum Gasteiger partial charge on any atom is 0.328 e. The van der Waals surface area contributed by atoms with Crippen molar-refractivity contribution in [1.82, 2.24) is 0 Å². The van der Waals surface area contributed by atoms with Crippen LogP contribution in [-0.2, 0) is 28.0 Å². The molecule has 2 saturated heterocycles. The van der Waals surface area contributed by atoms with Gasteiger partial charge in [0.25, 0.3) is 0 Å². The Balaban J connectivity index is 1.96. The quantitative estimate of drug-likeness (QED) is 0.504. The fraction of sp³-hybridized carbons (Fsp3) is 1.00. The van der Waals surface area contributed by atoms with Crippen molar-refractivity contribution in [3.63, 3.8) is 0 Å². The Bertz CT molecular complexity index is 428. The second kappa shape index (κ2) is 7.91. The van der Waals surface area contributed by atoms with E-state index in [2.05, 4.69) is 6.92 Å². The smallest absolute Gasteiger partial charge is 0.328 e. The molecule has 0 bridgehead atoms. The Kier molecular flexibility index (Phi) is 6.65. The Morgan fingerprint density at radius 3 is 2.65 bits per heavy atom. The Morgan fingerprint density at radius 1 is 1.26 bits per heavy atom. The standard InChI is InChI=1S/C15H29O7P/c1-5-7-9-18-12-11(8-10-23(16,17)19-6-2)20-14-13(12)21-15(3,4)22-14/h11-14H,5-10H2,1-4H3,(H,16,17)/t11-,12?,13+,14-/m1/s1. The minimum Gasteiger partial charge on any atom is -0.373 e. The van der Waals surface area contributed by atoms with Gasteiger partial charge in [-0.05, 0) is 33.6 Å². The molecule has 0 aromatic carbocycles. The lowest BCUT2D eigenvalue weighted by molar-refractivity contribution is -0.218. The zero-order valence-electron chi connectivity index (χ0n) is 14.4. The Labute approximate surface area is 138 Å². The topological polar surface area (TPSA) is 83.5 Å². The van der Waals surface area contributed by atoms with Crippen molar-refractivity contribution in [2.75, 3.05) is 19.4 Å². The first kappa shape index (κ1) is 19.3. The van der Waals surface area contributed by atoms with Crippen LogP contribution < -0.4 is 0 Å². The molecule has 5 atom stereocenters. The van der Waals surface area contributed by atoms with Gasteiger partial charge in [0.2, 0.25) is 0 Å². The van der Waals surface area contributed by atoms with Crippen LogP contribution in [-0.4, -0.2) is 54.7 Å². The molecule has 0 aromatic heterocycles. The van der Waals surface area contributed by atoms with Gasteiger partial charge in [-0.2, -0.15) is 0 Å². The molecule has 0 spiro atoms. The molecule has 7 nitrogen and oxygen atoms in total. The molecule has 0 aromatic rings. The minimum atomic E-state index is -3.58. The number of unbranched alkanes of at least 4 members (excludes halogenated alkanes) is 1. The third-order valence-electron chi connectivity index (χ3n) is 3.92. The first-order chi connectivity index (χ1) is 10.8. The van der Waals surface area contributed by atoms with Gasteiger partial charge in [-0.15, -0.1) is 0 Å². The molecule has 2 heterocycles. The Morgan fingerprint density at radius 2 is 2.00 bits per heavy atom. The summed E-state index contributed by atoms with van der Waals surface area (Å²) in [6.07, 6.45) is 0.943. The molecule has 8 heteroatoms. The van der Waals surface area contributed by atoms with Crippen molar-refractivity contribution in [3.8, 4) is 0 Å². The van der Waals surface area contributed by atoms with Crippen LogP contribution >= 0.6 is 7.60 Å². The maximum atomic E-state index is 11.9. The molecule has 2 aliphatic rings. The SMILES string of the molecule is CCCCOC1[C@@H](CCP(=O)(O)OCC)O[C@@H]2OC(C)(C)O[C@@H]12. The van der Waals surface area contributed by atoms with Crippen LogP contribution in [0, 0.1) is 0 Å². The molecule has 2 fully saturated rings. The van der Waals surface area contributed by atoms with Crippen molar-refractivity contribution < 1.29 is 32.9 Å². The molecule has 2 unspecified atom stereocenters. The first-order valence-electron chi connectivity index (χ1n) is 8.37. The summed E-state index contributed by atoms with van der Waals surface area (Å²) in [7, 11) is -3.58. The van der Waals surface area contributed by atoms with Crippen LogP contribution in [0.5, 0.6) is 0 Å². The number of hydrogen-bond donors (Lipinski definition) is 1. The summed E-state index contributed by atoms with van der Waals surface area (Å²) >= 11 is 0. The second-order valence-corrected chi connectivity index (χ2v) is 8.38. The lowest BCUT2D eigenvalue weighted by Gasteiger charge is -2.26. The van der Waals surface area contributed by atoms with E-state index in [0.717, 1.165) is 12.8 Å². The third-order valence-corrected chi connectivity index (χ3v) is 5.41. The maximum absolute atomic E-state index is 11.9. The zero-order chi connectivity index (χ0) is 17.1. The van der Waals surface area contributed by atoms with E-state index in [1.54, 1.807) is 6.92 Å². The van der Waals surface area contributed by atoms with Gasteiger partial charge in [0.15, 0.2) is 12.1 Å². The average molecular weight is 352 g/mol. The average Bonchev–Trinajstić information content (AvgIpc) is 2.90. The fourth-order valence-corrected chi connectivity index (χ4v) is 4.01. The molecule has 0 radical (unpaired) electrons. The number of fused-ring (bicyclic) bond motifs is 1. The van der Waals surface area contributed by atoms with Crippen LogP contribution in [0.4, 0.5) is 0 Å². The van der Waals surface area contributed by atoms with Gasteiger partial charge in [0, 0.05) is 6.61 Å². The van der Waals surface area contributed by atoms with Crippen molar-refractivity contribution >= 4 is 7.60 Å². The summed E-state index contributed by atoms with van der Waals surface area (Å²) in [6, 6.07) is 0. The number of hydrogen-bond acceptors (Lipinski definition) is 6. The highest BCUT2D eigenvalue weighted by molar-refractivity contribution is 7.52. The second-order valence-electron chi connectivity index (χ2n) is 6.40. The first-order valence-corrected chi connectivity index (χ1v) is 10.1. The van der Waals surface area contributed by atoms with Crippen molar-refractivity contribution in [3.05, 3.63) is 0 Å². The Hall–Kier alpha value is -0.0100. The molecular weight excluding hydrogens is 323 g/mol. The van der Waals surface area contributed by atoms with Gasteiger partial charge in [-0.25, -0.2) is 0 Å². The summed E-state index contributed by atoms with van der Waals surface area (Å²) in [5, 5.41) is 0. The lowest BCUT2D eigenvalue weighted by atomic mass is 10.1. The molecule has 136 valence electrons. The summed E-state index contributed by atoms with van der Waals surface area (Å²) in [6.45, 7) is 8.28. The zero-order valence-corrected chi connectivity index (χ0v) is 15.3. The third kappa shape index (κ3) is 5.23. The van der Waals surface area contributed by atoms with Gasteiger partial charge in [0.1, 0.15) is 12.2 Å². The van der Waals surface area contributed by atoms with E-state index in [4.69, 9.17) is 23.5 Å². The highest BCUT2D eigenvalue weighted by Crippen LogP contribution is 2.45. The van der Waals surface area contributed by atoms with E-state index >= 15 is 0 Å². The predicted molar refractivity (Wildman–Crippen MR) is 84.3 cm³/mol. The highest BCUT2D eigenvalue weighted by atomic mass is 31.2. The van der Waals surface area contributed by atoms with Crippen LogP contribution in [0.25, 0.3) is 0 Å². The van der Waals surface area contributed by atoms with Crippen LogP contribution in [0.3, 0.4) is 0 Å². The predicted octanol–water partition coefficient (Wildman–Crippen LogP) is 2.66. The molecule has 0 amide bonds. The molecular formula is C15H29O7P. The van der Waals surface area contributed by atoms with Gasteiger partial charge < -0.3 is 28.4 Å². The van der Waals surface area contributed by atoms with Crippen LogP contribution in [0.15, 0.2) is 0 Å². The van der Waals surface area contributed by atoms with E-state index in [1.807, 2.05) is 13.8 Å². The van der Waals surface area contributed by atoms with E-state index in [0.29, 0.717) is 13.0 Å². The minimum absolute atomic E-state index is 0.0297. The van der Waals surface area contributed by atoms with Crippen molar-refractivity contribution in [2.45, 2.75) is 77.3 Å². The molecule has 2 rings (SSSR count). The number of ether oxygens (including phenoxy) is 4. The summed E-state index contributed by atoms with van der Waals surface area (Å²) in [5.41, 5.74) is 0. The molecule has 23 heavy (non-hydrogen) atoms. The van der Waals surface area contributed by atoms with Gasteiger partial charge in [-0.1, -0.05) is 13.3 Å². The van der Waals surface area contributed by atoms with E-state index in [-0.39, 0.29) is 31.1 Å². The van der Waals surface area contributed by atoms with E-state index in [1.165, 1.54) is 0 Å². The van der Waals surface area contributed by atoms with Gasteiger partial charge in [-0.3, -0.25) is 4.57 Å². The molecule has 0 aliphatic carbocycles. The van der Waals surface area contributed by atoms with E-state index < -0.39 is 19.7 Å². The normalized spacial score (nSPS) is 35.2. The summed E-state index contributed by atoms with van der Waals surface area (Å²) < 4.78 is 40.2. The highest BCUT2D eigenvalue weighted by Gasteiger charge is 2.55. The summed E-state index contributed by atoms with van der Waals surface area (Å²) in [5.74, 6) is -0.704. The van der Waals surface area contributed by atoms with Crippen molar-refractivity contribution in [1.29, 1.82) is 0 Å². The molecule has 2 aliphatic heterocycles. The van der Waals surface area contributed by atoms with Crippen LogP contribution in [0.1, 0.15) is 47.0 Å². The van der Waals surface area contributed by atoms with Crippen molar-refractivity contribution in [2.24, 2.45) is 0 Å².